The minimum Gasteiger partial charge on any atom is -0.375 e. The summed E-state index contributed by atoms with van der Waals surface area (Å²) >= 11 is 2.04. The SMILES string of the molecule is C[C@H](NC1CCOC2(CCSCC2)C1)c1ccc(F)cc1. The molecule has 2 atom stereocenters. The Balaban J connectivity index is 1.60. The molecule has 2 nitrogen and oxygen atoms in total. The number of nitrogens with one attached hydrogen (secondary N) is 1. The van der Waals surface area contributed by atoms with Gasteiger partial charge in [0.05, 0.1) is 5.60 Å². The zero-order valence-electron chi connectivity index (χ0n) is 12.6. The van der Waals surface area contributed by atoms with Gasteiger partial charge in [-0.25, -0.2) is 4.39 Å². The van der Waals surface area contributed by atoms with Crippen LogP contribution in [0.25, 0.3) is 0 Å². The monoisotopic (exact) mass is 309 g/mol. The summed E-state index contributed by atoms with van der Waals surface area (Å²) in [5.74, 6) is 2.27. The molecule has 0 radical (unpaired) electrons. The van der Waals surface area contributed by atoms with Gasteiger partial charge in [0.15, 0.2) is 0 Å². The van der Waals surface area contributed by atoms with Gasteiger partial charge < -0.3 is 10.1 Å². The van der Waals surface area contributed by atoms with E-state index in [0.717, 1.165) is 25.0 Å². The standard InChI is InChI=1S/C17H24FNOS/c1-13(14-2-4-15(18)5-3-14)19-16-6-9-20-17(12-16)7-10-21-11-8-17/h2-5,13,16,19H,6-12H2,1H3/t13-,16?/m0/s1. The number of hydrogen-bond donors (Lipinski definition) is 1. The highest BCUT2D eigenvalue weighted by atomic mass is 32.2. The molecule has 0 aromatic heterocycles. The average molecular weight is 309 g/mol. The quantitative estimate of drug-likeness (QED) is 0.914. The second-order valence-electron chi connectivity index (χ2n) is 6.27. The molecular formula is C17H24FNOS. The molecule has 1 unspecified atom stereocenters. The Hall–Kier alpha value is -0.580. The van der Waals surface area contributed by atoms with Crippen LogP contribution in [-0.2, 0) is 4.74 Å². The second kappa shape index (κ2) is 6.67. The highest BCUT2D eigenvalue weighted by Gasteiger charge is 2.38. The third kappa shape index (κ3) is 3.79. The Kier molecular flexibility index (Phi) is 4.87. The Labute approximate surface area is 130 Å². The van der Waals surface area contributed by atoms with Gasteiger partial charge >= 0.3 is 0 Å². The fourth-order valence-corrected chi connectivity index (χ4v) is 4.70. The maximum Gasteiger partial charge on any atom is 0.123 e. The van der Waals surface area contributed by atoms with Crippen molar-refractivity contribution >= 4 is 11.8 Å². The molecule has 1 aromatic rings. The molecule has 0 bridgehead atoms. The van der Waals surface area contributed by atoms with Gasteiger partial charge in [-0.3, -0.25) is 0 Å². The van der Waals surface area contributed by atoms with Crippen LogP contribution in [0, 0.1) is 5.82 Å². The molecule has 2 aliphatic rings. The van der Waals surface area contributed by atoms with E-state index in [1.54, 1.807) is 0 Å². The van der Waals surface area contributed by atoms with E-state index < -0.39 is 0 Å². The number of benzene rings is 1. The predicted octanol–water partition coefficient (Wildman–Crippen LogP) is 3.92. The summed E-state index contributed by atoms with van der Waals surface area (Å²) in [6.07, 6.45) is 4.54. The van der Waals surface area contributed by atoms with Crippen LogP contribution in [0.4, 0.5) is 4.39 Å². The molecule has 0 aliphatic carbocycles. The van der Waals surface area contributed by atoms with Crippen molar-refractivity contribution in [3.05, 3.63) is 35.6 Å². The number of halogens is 1. The topological polar surface area (TPSA) is 21.3 Å². The Morgan fingerprint density at radius 2 is 2.00 bits per heavy atom. The number of hydrogen-bond acceptors (Lipinski definition) is 3. The fourth-order valence-electron chi connectivity index (χ4n) is 3.46. The third-order valence-electron chi connectivity index (χ3n) is 4.75. The van der Waals surface area contributed by atoms with Crippen LogP contribution in [-0.4, -0.2) is 29.8 Å². The van der Waals surface area contributed by atoms with Crippen LogP contribution in [0.1, 0.15) is 44.2 Å². The maximum absolute atomic E-state index is 13.0. The average Bonchev–Trinajstić information content (AvgIpc) is 2.49. The van der Waals surface area contributed by atoms with E-state index >= 15 is 0 Å². The van der Waals surface area contributed by atoms with Crippen LogP contribution >= 0.6 is 11.8 Å². The van der Waals surface area contributed by atoms with E-state index in [1.807, 2.05) is 23.9 Å². The van der Waals surface area contributed by atoms with Gasteiger partial charge in [-0.15, -0.1) is 0 Å². The maximum atomic E-state index is 13.0. The predicted molar refractivity (Wildman–Crippen MR) is 86.2 cm³/mol. The summed E-state index contributed by atoms with van der Waals surface area (Å²) in [4.78, 5) is 0. The van der Waals surface area contributed by atoms with Crippen molar-refractivity contribution < 1.29 is 9.13 Å². The fraction of sp³-hybridized carbons (Fsp3) is 0.647. The van der Waals surface area contributed by atoms with E-state index in [1.165, 1.54) is 36.5 Å². The van der Waals surface area contributed by atoms with Crippen molar-refractivity contribution in [3.63, 3.8) is 0 Å². The lowest BCUT2D eigenvalue weighted by Gasteiger charge is -2.44. The van der Waals surface area contributed by atoms with Gasteiger partial charge in [-0.05, 0) is 61.8 Å². The molecule has 116 valence electrons. The molecule has 2 heterocycles. The van der Waals surface area contributed by atoms with E-state index in [2.05, 4.69) is 12.2 Å². The molecule has 21 heavy (non-hydrogen) atoms. The van der Waals surface area contributed by atoms with E-state index in [4.69, 9.17) is 4.74 Å². The molecule has 2 saturated heterocycles. The smallest absolute Gasteiger partial charge is 0.123 e. The molecule has 4 heteroatoms. The van der Waals surface area contributed by atoms with Gasteiger partial charge in [0.1, 0.15) is 5.82 Å². The van der Waals surface area contributed by atoms with Crippen molar-refractivity contribution in [3.8, 4) is 0 Å². The molecule has 2 fully saturated rings. The van der Waals surface area contributed by atoms with Crippen molar-refractivity contribution in [2.24, 2.45) is 0 Å². The highest BCUT2D eigenvalue weighted by Crippen LogP contribution is 2.38. The van der Waals surface area contributed by atoms with Gasteiger partial charge in [-0.1, -0.05) is 12.1 Å². The molecule has 0 amide bonds. The van der Waals surface area contributed by atoms with E-state index in [0.29, 0.717) is 6.04 Å². The summed E-state index contributed by atoms with van der Waals surface area (Å²) in [5.41, 5.74) is 1.26. The lowest BCUT2D eigenvalue weighted by atomic mass is 9.85. The second-order valence-corrected chi connectivity index (χ2v) is 7.50. The largest absolute Gasteiger partial charge is 0.375 e. The molecular weight excluding hydrogens is 285 g/mol. The van der Waals surface area contributed by atoms with Gasteiger partial charge in [0.2, 0.25) is 0 Å². The lowest BCUT2D eigenvalue weighted by Crippen LogP contribution is -2.49. The zero-order chi connectivity index (χ0) is 14.7. The van der Waals surface area contributed by atoms with Crippen LogP contribution in [0.2, 0.25) is 0 Å². The molecule has 1 N–H and O–H groups in total. The van der Waals surface area contributed by atoms with Crippen LogP contribution in [0.3, 0.4) is 0 Å². The van der Waals surface area contributed by atoms with Crippen molar-refractivity contribution in [2.75, 3.05) is 18.1 Å². The normalized spacial score (nSPS) is 26.7. The molecule has 2 aliphatic heterocycles. The first-order valence-electron chi connectivity index (χ1n) is 7.90. The van der Waals surface area contributed by atoms with Gasteiger partial charge in [0, 0.05) is 18.7 Å². The summed E-state index contributed by atoms with van der Waals surface area (Å²) in [6.45, 7) is 3.02. The number of thioether (sulfide) groups is 1. The van der Waals surface area contributed by atoms with Crippen molar-refractivity contribution in [2.45, 2.75) is 50.3 Å². The van der Waals surface area contributed by atoms with Crippen molar-refractivity contribution in [1.82, 2.24) is 5.32 Å². The van der Waals surface area contributed by atoms with Gasteiger partial charge in [0.25, 0.3) is 0 Å². The number of ether oxygens (including phenoxy) is 1. The minimum atomic E-state index is -0.171. The zero-order valence-corrected chi connectivity index (χ0v) is 13.4. The first-order valence-corrected chi connectivity index (χ1v) is 9.06. The molecule has 0 saturated carbocycles. The Morgan fingerprint density at radius 3 is 2.71 bits per heavy atom. The Bertz CT molecular complexity index is 453. The molecule has 1 spiro atoms. The summed E-state index contributed by atoms with van der Waals surface area (Å²) in [5, 5.41) is 3.72. The third-order valence-corrected chi connectivity index (χ3v) is 5.74. The lowest BCUT2D eigenvalue weighted by molar-refractivity contribution is -0.0940. The summed E-state index contributed by atoms with van der Waals surface area (Å²) < 4.78 is 19.1. The summed E-state index contributed by atoms with van der Waals surface area (Å²) in [6, 6.07) is 7.58. The molecule has 1 aromatic carbocycles. The minimum absolute atomic E-state index is 0.115. The van der Waals surface area contributed by atoms with Gasteiger partial charge in [-0.2, -0.15) is 11.8 Å². The van der Waals surface area contributed by atoms with Crippen molar-refractivity contribution in [1.29, 1.82) is 0 Å². The highest BCUT2D eigenvalue weighted by molar-refractivity contribution is 7.99. The summed E-state index contributed by atoms with van der Waals surface area (Å²) in [7, 11) is 0. The van der Waals surface area contributed by atoms with E-state index in [9.17, 15) is 4.39 Å². The van der Waals surface area contributed by atoms with Crippen LogP contribution < -0.4 is 5.32 Å². The molecule has 3 rings (SSSR count). The van der Waals surface area contributed by atoms with Crippen LogP contribution in [0.5, 0.6) is 0 Å². The Morgan fingerprint density at radius 1 is 1.29 bits per heavy atom. The van der Waals surface area contributed by atoms with Crippen LogP contribution in [0.15, 0.2) is 24.3 Å². The first-order chi connectivity index (χ1) is 10.2. The van der Waals surface area contributed by atoms with E-state index in [-0.39, 0.29) is 17.5 Å². The first kappa shape index (κ1) is 15.3. The number of rotatable bonds is 3.